The fourth-order valence-electron chi connectivity index (χ4n) is 1.43. The number of carbonyl (C=O) groups excluding carboxylic acids is 1. The van der Waals surface area contributed by atoms with Gasteiger partial charge in [0.2, 0.25) is 0 Å². The molecule has 0 bridgehead atoms. The smallest absolute Gasteiger partial charge is 0.255 e. The van der Waals surface area contributed by atoms with E-state index in [2.05, 4.69) is 21.2 Å². The summed E-state index contributed by atoms with van der Waals surface area (Å²) in [5.41, 5.74) is 7.29. The van der Waals surface area contributed by atoms with E-state index in [1.807, 2.05) is 12.1 Å². The number of carbonyl (C=O) groups is 1. The van der Waals surface area contributed by atoms with Gasteiger partial charge >= 0.3 is 0 Å². The van der Waals surface area contributed by atoms with Gasteiger partial charge in [-0.05, 0) is 42.5 Å². The fraction of sp³-hybridized carbons (Fsp3) is 0. The van der Waals surface area contributed by atoms with Crippen LogP contribution < -0.4 is 11.1 Å². The highest BCUT2D eigenvalue weighted by Gasteiger charge is 2.06. The zero-order valence-electron chi connectivity index (χ0n) is 9.28. The van der Waals surface area contributed by atoms with Gasteiger partial charge in [0, 0.05) is 15.7 Å². The normalized spacial score (nSPS) is 10.1. The highest BCUT2D eigenvalue weighted by atomic mass is 79.9. The molecule has 0 fully saturated rings. The number of nitrogens with one attached hydrogen (secondary N) is 1. The number of nitrogen functional groups attached to an aromatic ring is 1. The second-order valence-corrected chi connectivity index (χ2v) is 5.02. The van der Waals surface area contributed by atoms with Crippen LogP contribution in [0.5, 0.6) is 0 Å². The number of halogens is 2. The summed E-state index contributed by atoms with van der Waals surface area (Å²) in [6, 6.07) is 12.1. The quantitative estimate of drug-likeness (QED) is 0.822. The Balaban J connectivity index is 2.16. The number of hydrogen-bond acceptors (Lipinski definition) is 2. The van der Waals surface area contributed by atoms with Crippen LogP contribution in [0.25, 0.3) is 0 Å². The van der Waals surface area contributed by atoms with Gasteiger partial charge in [-0.2, -0.15) is 0 Å². The molecule has 0 unspecified atom stereocenters. The molecule has 2 aromatic rings. The molecule has 5 heteroatoms. The van der Waals surface area contributed by atoms with Crippen molar-refractivity contribution in [2.45, 2.75) is 0 Å². The van der Waals surface area contributed by atoms with Gasteiger partial charge in [0.05, 0.1) is 10.7 Å². The Morgan fingerprint density at radius 1 is 1.17 bits per heavy atom. The van der Waals surface area contributed by atoms with Crippen molar-refractivity contribution in [3.8, 4) is 0 Å². The van der Waals surface area contributed by atoms with Crippen LogP contribution in [0.1, 0.15) is 10.4 Å². The Morgan fingerprint density at radius 3 is 2.44 bits per heavy atom. The van der Waals surface area contributed by atoms with E-state index in [9.17, 15) is 4.79 Å². The summed E-state index contributed by atoms with van der Waals surface area (Å²) in [7, 11) is 0. The molecule has 0 aliphatic carbocycles. The molecule has 18 heavy (non-hydrogen) atoms. The Hall–Kier alpha value is -1.52. The summed E-state index contributed by atoms with van der Waals surface area (Å²) in [5, 5.41) is 3.22. The topological polar surface area (TPSA) is 55.1 Å². The van der Waals surface area contributed by atoms with Crippen LogP contribution in [-0.4, -0.2) is 5.91 Å². The van der Waals surface area contributed by atoms with Crippen molar-refractivity contribution in [1.82, 2.24) is 0 Å². The van der Waals surface area contributed by atoms with E-state index >= 15 is 0 Å². The van der Waals surface area contributed by atoms with Gasteiger partial charge < -0.3 is 11.1 Å². The number of hydrogen-bond donors (Lipinski definition) is 2. The Kier molecular flexibility index (Phi) is 3.89. The first-order valence-electron chi connectivity index (χ1n) is 5.18. The third kappa shape index (κ3) is 3.03. The van der Waals surface area contributed by atoms with Gasteiger partial charge in [-0.25, -0.2) is 0 Å². The third-order valence-corrected chi connectivity index (χ3v) is 3.23. The molecule has 0 aliphatic heterocycles. The maximum Gasteiger partial charge on any atom is 0.255 e. The number of rotatable bonds is 2. The Bertz CT molecular complexity index is 584. The molecule has 92 valence electrons. The minimum absolute atomic E-state index is 0.191. The Labute approximate surface area is 118 Å². The zero-order chi connectivity index (χ0) is 13.1. The molecule has 3 N–H and O–H groups in total. The van der Waals surface area contributed by atoms with E-state index in [4.69, 9.17) is 17.3 Å². The molecule has 0 atom stereocenters. The van der Waals surface area contributed by atoms with Crippen LogP contribution in [-0.2, 0) is 0 Å². The minimum atomic E-state index is -0.191. The lowest BCUT2D eigenvalue weighted by atomic mass is 10.2. The lowest BCUT2D eigenvalue weighted by Crippen LogP contribution is -2.11. The standard InChI is InChI=1S/C13H10BrClN2O/c14-9-3-1-8(2-4-9)13(18)17-10-5-6-11(15)12(16)7-10/h1-7H,16H2,(H,17,18). The predicted molar refractivity (Wildman–Crippen MR) is 78.0 cm³/mol. The molecule has 2 aromatic carbocycles. The lowest BCUT2D eigenvalue weighted by molar-refractivity contribution is 0.102. The Morgan fingerprint density at radius 2 is 1.83 bits per heavy atom. The van der Waals surface area contributed by atoms with E-state index in [1.165, 1.54) is 0 Å². The van der Waals surface area contributed by atoms with Crippen molar-refractivity contribution in [3.63, 3.8) is 0 Å². The molecule has 3 nitrogen and oxygen atoms in total. The lowest BCUT2D eigenvalue weighted by Gasteiger charge is -2.07. The van der Waals surface area contributed by atoms with E-state index in [0.29, 0.717) is 22.0 Å². The average molecular weight is 326 g/mol. The largest absolute Gasteiger partial charge is 0.397 e. The van der Waals surface area contributed by atoms with E-state index in [-0.39, 0.29) is 5.91 Å². The summed E-state index contributed by atoms with van der Waals surface area (Å²) >= 11 is 9.12. The molecule has 0 saturated carbocycles. The number of benzene rings is 2. The van der Waals surface area contributed by atoms with Crippen molar-refractivity contribution in [3.05, 3.63) is 57.5 Å². The van der Waals surface area contributed by atoms with Crippen molar-refractivity contribution in [1.29, 1.82) is 0 Å². The number of amides is 1. The van der Waals surface area contributed by atoms with Crippen LogP contribution in [0.15, 0.2) is 46.9 Å². The monoisotopic (exact) mass is 324 g/mol. The third-order valence-electron chi connectivity index (χ3n) is 2.36. The molecule has 0 heterocycles. The van der Waals surface area contributed by atoms with E-state index in [1.54, 1.807) is 30.3 Å². The van der Waals surface area contributed by atoms with Crippen molar-refractivity contribution in [2.24, 2.45) is 0 Å². The van der Waals surface area contributed by atoms with E-state index < -0.39 is 0 Å². The van der Waals surface area contributed by atoms with Gasteiger partial charge in [-0.3, -0.25) is 4.79 Å². The fourth-order valence-corrected chi connectivity index (χ4v) is 1.81. The summed E-state index contributed by atoms with van der Waals surface area (Å²) < 4.78 is 0.926. The molecule has 1 amide bonds. The van der Waals surface area contributed by atoms with Gasteiger partial charge in [-0.15, -0.1) is 0 Å². The molecule has 0 aliphatic rings. The van der Waals surface area contributed by atoms with Crippen molar-refractivity contribution < 1.29 is 4.79 Å². The SMILES string of the molecule is Nc1cc(NC(=O)c2ccc(Br)cc2)ccc1Cl. The van der Waals surface area contributed by atoms with Crippen molar-refractivity contribution >= 4 is 44.8 Å². The molecule has 2 rings (SSSR count). The molecule has 0 radical (unpaired) electrons. The second-order valence-electron chi connectivity index (χ2n) is 3.70. The van der Waals surface area contributed by atoms with E-state index in [0.717, 1.165) is 4.47 Å². The van der Waals surface area contributed by atoms with Gasteiger partial charge in [0.1, 0.15) is 0 Å². The van der Waals surface area contributed by atoms with Crippen LogP contribution in [0.2, 0.25) is 5.02 Å². The molecule has 0 saturated heterocycles. The number of anilines is 2. The first kappa shape index (κ1) is 12.9. The minimum Gasteiger partial charge on any atom is -0.397 e. The van der Waals surface area contributed by atoms with Crippen LogP contribution in [0, 0.1) is 0 Å². The highest BCUT2D eigenvalue weighted by molar-refractivity contribution is 9.10. The van der Waals surface area contributed by atoms with Gasteiger partial charge in [0.15, 0.2) is 0 Å². The summed E-state index contributed by atoms with van der Waals surface area (Å²) in [6.45, 7) is 0. The van der Waals surface area contributed by atoms with Crippen LogP contribution in [0.3, 0.4) is 0 Å². The molecule has 0 spiro atoms. The van der Waals surface area contributed by atoms with Crippen molar-refractivity contribution in [2.75, 3.05) is 11.1 Å². The summed E-state index contributed by atoms with van der Waals surface area (Å²) in [4.78, 5) is 11.9. The first-order valence-corrected chi connectivity index (χ1v) is 6.35. The maximum atomic E-state index is 11.9. The average Bonchev–Trinajstić information content (AvgIpc) is 2.34. The summed E-state index contributed by atoms with van der Waals surface area (Å²) in [6.07, 6.45) is 0. The maximum absolute atomic E-state index is 11.9. The zero-order valence-corrected chi connectivity index (χ0v) is 11.6. The van der Waals surface area contributed by atoms with Crippen LogP contribution in [0.4, 0.5) is 11.4 Å². The predicted octanol–water partition coefficient (Wildman–Crippen LogP) is 3.94. The molecular weight excluding hydrogens is 316 g/mol. The number of nitrogens with two attached hydrogens (primary N) is 1. The summed E-state index contributed by atoms with van der Waals surface area (Å²) in [5.74, 6) is -0.191. The second kappa shape index (κ2) is 5.42. The van der Waals surface area contributed by atoms with Gasteiger partial charge in [-0.1, -0.05) is 27.5 Å². The molecular formula is C13H10BrClN2O. The first-order chi connectivity index (χ1) is 8.56. The van der Waals surface area contributed by atoms with Crippen LogP contribution >= 0.6 is 27.5 Å². The van der Waals surface area contributed by atoms with Gasteiger partial charge in [0.25, 0.3) is 5.91 Å². The molecule has 0 aromatic heterocycles. The highest BCUT2D eigenvalue weighted by Crippen LogP contribution is 2.22.